The zero-order valence-corrected chi connectivity index (χ0v) is 15.5. The lowest BCUT2D eigenvalue weighted by Crippen LogP contribution is -2.53. The molecule has 28 heavy (non-hydrogen) atoms. The van der Waals surface area contributed by atoms with Crippen molar-refractivity contribution >= 4 is 29.4 Å². The second-order valence-electron chi connectivity index (χ2n) is 7.12. The van der Waals surface area contributed by atoms with E-state index in [1.807, 2.05) is 30.2 Å². The molecule has 3 heterocycles. The van der Waals surface area contributed by atoms with Crippen LogP contribution in [0, 0.1) is 5.82 Å². The minimum absolute atomic E-state index is 0.0147. The van der Waals surface area contributed by atoms with Gasteiger partial charge in [0.2, 0.25) is 0 Å². The molecular formula is C20H22FN5O2. The van der Waals surface area contributed by atoms with E-state index < -0.39 is 6.09 Å². The maximum atomic E-state index is 13.3. The second-order valence-corrected chi connectivity index (χ2v) is 7.12. The molecule has 0 spiro atoms. The molecular weight excluding hydrogens is 361 g/mol. The maximum Gasteiger partial charge on any atom is 0.407 e. The predicted molar refractivity (Wildman–Crippen MR) is 107 cm³/mol. The summed E-state index contributed by atoms with van der Waals surface area (Å²) in [6.07, 6.45) is 2.92. The van der Waals surface area contributed by atoms with Crippen LogP contribution in [-0.2, 0) is 6.54 Å². The Morgan fingerprint density at radius 2 is 2.04 bits per heavy atom. The maximum absolute atomic E-state index is 13.3. The SMILES string of the molecule is C[C@@H]1CN(C(=O)O)CCN1c1cc(N)nc2c1CN(c1ccc(F)cc1)C=C2. The highest BCUT2D eigenvalue weighted by Gasteiger charge is 2.30. The monoisotopic (exact) mass is 383 g/mol. The number of fused-ring (bicyclic) bond motifs is 1. The molecule has 1 atom stereocenters. The largest absolute Gasteiger partial charge is 0.465 e. The van der Waals surface area contributed by atoms with Crippen molar-refractivity contribution in [2.24, 2.45) is 0 Å². The molecule has 0 bridgehead atoms. The first-order valence-electron chi connectivity index (χ1n) is 9.16. The van der Waals surface area contributed by atoms with Crippen LogP contribution in [-0.4, -0.2) is 46.8 Å². The number of hydrogen-bond donors (Lipinski definition) is 2. The van der Waals surface area contributed by atoms with Crippen LogP contribution in [0.1, 0.15) is 18.2 Å². The Morgan fingerprint density at radius 3 is 2.71 bits per heavy atom. The molecule has 0 saturated carbocycles. The molecule has 4 rings (SSSR count). The number of hydrogen-bond acceptors (Lipinski definition) is 5. The molecule has 1 aromatic carbocycles. The van der Waals surface area contributed by atoms with Gasteiger partial charge in [0.25, 0.3) is 0 Å². The van der Waals surface area contributed by atoms with Gasteiger partial charge < -0.3 is 25.5 Å². The van der Waals surface area contributed by atoms with Crippen molar-refractivity contribution in [3.05, 3.63) is 53.6 Å². The first-order chi connectivity index (χ1) is 13.4. The van der Waals surface area contributed by atoms with E-state index in [9.17, 15) is 14.3 Å². The van der Waals surface area contributed by atoms with E-state index in [1.165, 1.54) is 17.0 Å². The van der Waals surface area contributed by atoms with Crippen LogP contribution in [0.15, 0.2) is 36.5 Å². The first kappa shape index (κ1) is 18.1. The van der Waals surface area contributed by atoms with Crippen LogP contribution in [0.3, 0.4) is 0 Å². The number of pyridine rings is 1. The molecule has 2 aromatic rings. The van der Waals surface area contributed by atoms with Crippen molar-refractivity contribution < 1.29 is 14.3 Å². The molecule has 0 aliphatic carbocycles. The number of aromatic nitrogens is 1. The van der Waals surface area contributed by atoms with Gasteiger partial charge in [0.05, 0.1) is 12.2 Å². The van der Waals surface area contributed by atoms with Crippen molar-refractivity contribution in [3.8, 4) is 0 Å². The van der Waals surface area contributed by atoms with Crippen molar-refractivity contribution in [1.29, 1.82) is 0 Å². The minimum atomic E-state index is -0.895. The Balaban J connectivity index is 1.66. The van der Waals surface area contributed by atoms with Gasteiger partial charge in [-0.25, -0.2) is 14.2 Å². The fourth-order valence-corrected chi connectivity index (χ4v) is 3.84. The lowest BCUT2D eigenvalue weighted by atomic mass is 10.0. The van der Waals surface area contributed by atoms with Gasteiger partial charge in [0.1, 0.15) is 11.6 Å². The van der Waals surface area contributed by atoms with E-state index in [-0.39, 0.29) is 11.9 Å². The van der Waals surface area contributed by atoms with Gasteiger partial charge in [-0.05, 0) is 37.3 Å². The zero-order valence-electron chi connectivity index (χ0n) is 15.5. The lowest BCUT2D eigenvalue weighted by Gasteiger charge is -2.41. The van der Waals surface area contributed by atoms with Crippen molar-refractivity contribution in [2.75, 3.05) is 35.2 Å². The average Bonchev–Trinajstić information content (AvgIpc) is 2.67. The Morgan fingerprint density at radius 1 is 1.29 bits per heavy atom. The average molecular weight is 383 g/mol. The molecule has 1 amide bonds. The highest BCUT2D eigenvalue weighted by atomic mass is 19.1. The van der Waals surface area contributed by atoms with Crippen LogP contribution >= 0.6 is 0 Å². The van der Waals surface area contributed by atoms with Gasteiger partial charge in [-0.15, -0.1) is 0 Å². The third-order valence-corrected chi connectivity index (χ3v) is 5.26. The fourth-order valence-electron chi connectivity index (χ4n) is 3.84. The summed E-state index contributed by atoms with van der Waals surface area (Å²) in [6.45, 7) is 4.04. The minimum Gasteiger partial charge on any atom is -0.465 e. The van der Waals surface area contributed by atoms with Crippen molar-refractivity contribution in [2.45, 2.75) is 19.5 Å². The quantitative estimate of drug-likeness (QED) is 0.829. The number of nitrogens with two attached hydrogens (primary N) is 1. The van der Waals surface area contributed by atoms with Crippen LogP contribution < -0.4 is 15.5 Å². The summed E-state index contributed by atoms with van der Waals surface area (Å²) in [5.74, 6) is 0.159. The van der Waals surface area contributed by atoms with E-state index in [4.69, 9.17) is 5.73 Å². The molecule has 0 radical (unpaired) electrons. The topological polar surface area (TPSA) is 85.9 Å². The smallest absolute Gasteiger partial charge is 0.407 e. The number of nitrogens with zero attached hydrogens (tertiary/aromatic N) is 4. The van der Waals surface area contributed by atoms with Crippen molar-refractivity contribution in [3.63, 3.8) is 0 Å². The van der Waals surface area contributed by atoms with Crippen LogP contribution in [0.4, 0.5) is 26.4 Å². The van der Waals surface area contributed by atoms with Gasteiger partial charge in [-0.3, -0.25) is 0 Å². The molecule has 8 heteroatoms. The standard InChI is InChI=1S/C20H22FN5O2/c1-13-11-25(20(27)28)8-9-26(13)18-10-19(22)23-17-6-7-24(12-16(17)18)15-4-2-14(21)3-5-15/h2-7,10,13H,8-9,11-12H2,1H3,(H2,22,23)(H,27,28)/t13-/m1/s1. The Kier molecular flexibility index (Phi) is 4.54. The molecule has 1 saturated heterocycles. The van der Waals surface area contributed by atoms with Crippen LogP contribution in [0.2, 0.25) is 0 Å². The summed E-state index contributed by atoms with van der Waals surface area (Å²) in [5.41, 5.74) is 9.73. The highest BCUT2D eigenvalue weighted by Crippen LogP contribution is 2.34. The van der Waals surface area contributed by atoms with E-state index in [0.29, 0.717) is 32.0 Å². The Hall–Kier alpha value is -3.29. The zero-order chi connectivity index (χ0) is 19.8. The Bertz CT molecular complexity index is 931. The van der Waals surface area contributed by atoms with Crippen LogP contribution in [0.5, 0.6) is 0 Å². The highest BCUT2D eigenvalue weighted by molar-refractivity contribution is 5.72. The molecule has 0 unspecified atom stereocenters. The Labute approximate surface area is 162 Å². The van der Waals surface area contributed by atoms with E-state index in [1.54, 1.807) is 12.1 Å². The molecule has 3 N–H and O–H groups in total. The third-order valence-electron chi connectivity index (χ3n) is 5.26. The number of rotatable bonds is 2. The van der Waals surface area contributed by atoms with E-state index in [0.717, 1.165) is 22.6 Å². The lowest BCUT2D eigenvalue weighted by molar-refractivity contribution is 0.136. The van der Waals surface area contributed by atoms with Gasteiger partial charge in [-0.2, -0.15) is 0 Å². The molecule has 2 aliphatic rings. The summed E-state index contributed by atoms with van der Waals surface area (Å²) >= 11 is 0. The van der Waals surface area contributed by atoms with E-state index >= 15 is 0 Å². The van der Waals surface area contributed by atoms with Crippen LogP contribution in [0.25, 0.3) is 6.08 Å². The second kappa shape index (κ2) is 7.03. The fraction of sp³-hybridized carbons (Fsp3) is 0.300. The summed E-state index contributed by atoms with van der Waals surface area (Å²) in [4.78, 5) is 21.4. The molecule has 1 aromatic heterocycles. The number of carbonyl (C=O) groups is 1. The summed E-state index contributed by atoms with van der Waals surface area (Å²) < 4.78 is 13.3. The van der Waals surface area contributed by atoms with Gasteiger partial charge in [0.15, 0.2) is 0 Å². The molecule has 7 nitrogen and oxygen atoms in total. The summed E-state index contributed by atoms with van der Waals surface area (Å²) in [5, 5.41) is 9.26. The number of benzene rings is 1. The van der Waals surface area contributed by atoms with Gasteiger partial charge in [0, 0.05) is 54.9 Å². The van der Waals surface area contributed by atoms with Gasteiger partial charge in [-0.1, -0.05) is 0 Å². The van der Waals surface area contributed by atoms with E-state index in [2.05, 4.69) is 9.88 Å². The first-order valence-corrected chi connectivity index (χ1v) is 9.16. The number of nitrogen functional groups attached to an aromatic ring is 1. The third kappa shape index (κ3) is 3.33. The summed E-state index contributed by atoms with van der Waals surface area (Å²) in [7, 11) is 0. The number of anilines is 3. The van der Waals surface area contributed by atoms with Gasteiger partial charge >= 0.3 is 6.09 Å². The number of carboxylic acid groups (broad SMARTS) is 1. The molecule has 1 fully saturated rings. The molecule has 2 aliphatic heterocycles. The number of halogens is 1. The normalized spacial score (nSPS) is 18.9. The van der Waals surface area contributed by atoms with Crippen molar-refractivity contribution in [1.82, 2.24) is 9.88 Å². The predicted octanol–water partition coefficient (Wildman–Crippen LogP) is 2.98. The molecule has 146 valence electrons. The summed E-state index contributed by atoms with van der Waals surface area (Å²) in [6, 6.07) is 8.23. The number of piperazine rings is 1. The number of amides is 1.